The quantitative estimate of drug-likeness (QED) is 0.797. The van der Waals surface area contributed by atoms with Gasteiger partial charge in [-0.2, -0.15) is 0 Å². The molecule has 1 fully saturated rings. The summed E-state index contributed by atoms with van der Waals surface area (Å²) < 4.78 is 16.4. The molecule has 0 spiro atoms. The first-order chi connectivity index (χ1) is 13.2. The minimum atomic E-state index is -0.181. The molecule has 0 aromatic heterocycles. The number of nitrogens with one attached hydrogen (secondary N) is 1. The molecule has 150 valence electrons. The van der Waals surface area contributed by atoms with Gasteiger partial charge in [0.2, 0.25) is 6.79 Å². The van der Waals surface area contributed by atoms with Crippen LogP contribution in [0, 0.1) is 0 Å². The van der Waals surface area contributed by atoms with Gasteiger partial charge < -0.3 is 19.5 Å². The fraction of sp³-hybridized carbons (Fsp3) is 0.350. The standard InChI is InChI=1S/C20H21ClN2O4.ClH/c21-16-4-2-1-3-15(16)20(24)22-12-17(23-7-9-25-10-8-23)14-5-6-18-19(11-14)27-13-26-18;/h1-6,11,17H,7-10,12-13H2,(H,22,24);1H. The molecule has 2 aliphatic heterocycles. The summed E-state index contributed by atoms with van der Waals surface area (Å²) in [6.45, 7) is 3.68. The Bertz CT molecular complexity index is 828. The topological polar surface area (TPSA) is 60.0 Å². The maximum absolute atomic E-state index is 12.6. The highest BCUT2D eigenvalue weighted by atomic mass is 35.5. The van der Waals surface area contributed by atoms with E-state index in [9.17, 15) is 4.79 Å². The highest BCUT2D eigenvalue weighted by Crippen LogP contribution is 2.35. The summed E-state index contributed by atoms with van der Waals surface area (Å²) in [5, 5.41) is 3.47. The third kappa shape index (κ3) is 4.52. The van der Waals surface area contributed by atoms with Crippen molar-refractivity contribution in [3.05, 3.63) is 58.6 Å². The van der Waals surface area contributed by atoms with Gasteiger partial charge in [-0.15, -0.1) is 12.4 Å². The van der Waals surface area contributed by atoms with Crippen LogP contribution in [-0.4, -0.2) is 50.4 Å². The van der Waals surface area contributed by atoms with Crippen LogP contribution >= 0.6 is 24.0 Å². The first-order valence-electron chi connectivity index (χ1n) is 8.96. The third-order valence-corrected chi connectivity index (χ3v) is 5.17. The normalized spacial score (nSPS) is 16.9. The van der Waals surface area contributed by atoms with Crippen LogP contribution in [0.2, 0.25) is 5.02 Å². The Hall–Kier alpha value is -1.99. The average molecular weight is 425 g/mol. The van der Waals surface area contributed by atoms with Gasteiger partial charge in [-0.25, -0.2) is 0 Å². The molecule has 2 aromatic rings. The molecule has 2 aromatic carbocycles. The van der Waals surface area contributed by atoms with E-state index in [2.05, 4.69) is 10.2 Å². The average Bonchev–Trinajstić information content (AvgIpc) is 3.17. The van der Waals surface area contributed by atoms with Gasteiger partial charge in [-0.1, -0.05) is 29.8 Å². The summed E-state index contributed by atoms with van der Waals surface area (Å²) in [6, 6.07) is 13.0. The fourth-order valence-electron chi connectivity index (χ4n) is 3.40. The second-order valence-corrected chi connectivity index (χ2v) is 6.87. The number of benzene rings is 2. The van der Waals surface area contributed by atoms with Gasteiger partial charge in [0.1, 0.15) is 0 Å². The third-order valence-electron chi connectivity index (χ3n) is 4.84. The molecule has 8 heteroatoms. The molecule has 0 radical (unpaired) electrons. The Morgan fingerprint density at radius 1 is 1.11 bits per heavy atom. The predicted octanol–water partition coefficient (Wildman–Crippen LogP) is 3.29. The molecule has 0 saturated carbocycles. The van der Waals surface area contributed by atoms with E-state index in [0.29, 0.717) is 30.3 Å². The molecule has 0 aliphatic carbocycles. The monoisotopic (exact) mass is 424 g/mol. The Labute approximate surface area is 175 Å². The van der Waals surface area contributed by atoms with Crippen LogP contribution in [0.25, 0.3) is 0 Å². The summed E-state index contributed by atoms with van der Waals surface area (Å²) in [4.78, 5) is 14.9. The number of ether oxygens (including phenoxy) is 3. The SMILES string of the molecule is Cl.O=C(NCC(c1ccc2c(c1)OCO2)N1CCOCC1)c1ccccc1Cl. The molecule has 4 rings (SSSR count). The second kappa shape index (κ2) is 9.47. The van der Waals surface area contributed by atoms with Crippen LogP contribution in [0.4, 0.5) is 0 Å². The van der Waals surface area contributed by atoms with Crippen molar-refractivity contribution in [1.82, 2.24) is 10.2 Å². The van der Waals surface area contributed by atoms with Crippen LogP contribution in [0.1, 0.15) is 22.0 Å². The van der Waals surface area contributed by atoms with E-state index in [4.69, 9.17) is 25.8 Å². The van der Waals surface area contributed by atoms with Crippen LogP contribution < -0.4 is 14.8 Å². The molecule has 0 bridgehead atoms. The molecule has 2 heterocycles. The van der Waals surface area contributed by atoms with Crippen molar-refractivity contribution in [2.24, 2.45) is 0 Å². The number of fused-ring (bicyclic) bond motifs is 1. The molecule has 1 amide bonds. The van der Waals surface area contributed by atoms with Crippen molar-refractivity contribution in [2.45, 2.75) is 6.04 Å². The van der Waals surface area contributed by atoms with E-state index in [1.807, 2.05) is 24.3 Å². The minimum absolute atomic E-state index is 0. The summed E-state index contributed by atoms with van der Waals surface area (Å²) in [7, 11) is 0. The van der Waals surface area contributed by atoms with Gasteiger partial charge >= 0.3 is 0 Å². The van der Waals surface area contributed by atoms with Gasteiger partial charge in [-0.05, 0) is 29.8 Å². The highest BCUT2D eigenvalue weighted by molar-refractivity contribution is 6.33. The number of hydrogen-bond acceptors (Lipinski definition) is 5. The largest absolute Gasteiger partial charge is 0.454 e. The molecule has 1 saturated heterocycles. The van der Waals surface area contributed by atoms with Gasteiger partial charge in [0.15, 0.2) is 11.5 Å². The van der Waals surface area contributed by atoms with E-state index in [1.54, 1.807) is 18.2 Å². The highest BCUT2D eigenvalue weighted by Gasteiger charge is 2.25. The van der Waals surface area contributed by atoms with Gasteiger partial charge in [0.25, 0.3) is 5.91 Å². The van der Waals surface area contributed by atoms with E-state index < -0.39 is 0 Å². The van der Waals surface area contributed by atoms with Crippen LogP contribution in [0.3, 0.4) is 0 Å². The molecule has 1 unspecified atom stereocenters. The molecule has 2 aliphatic rings. The second-order valence-electron chi connectivity index (χ2n) is 6.47. The van der Waals surface area contributed by atoms with Crippen molar-refractivity contribution >= 4 is 29.9 Å². The number of hydrogen-bond donors (Lipinski definition) is 1. The lowest BCUT2D eigenvalue weighted by Gasteiger charge is -2.35. The van der Waals surface area contributed by atoms with Crippen molar-refractivity contribution in [2.75, 3.05) is 39.6 Å². The molecule has 1 N–H and O–H groups in total. The Balaban J connectivity index is 0.00000225. The van der Waals surface area contributed by atoms with E-state index in [0.717, 1.165) is 30.2 Å². The molecule has 28 heavy (non-hydrogen) atoms. The number of carbonyl (C=O) groups excluding carboxylic acids is 1. The number of amides is 1. The van der Waals surface area contributed by atoms with Crippen LogP contribution in [0.15, 0.2) is 42.5 Å². The van der Waals surface area contributed by atoms with Gasteiger partial charge in [0.05, 0.1) is 29.8 Å². The number of rotatable bonds is 5. The lowest BCUT2D eigenvalue weighted by Crippen LogP contribution is -2.43. The number of halogens is 2. The summed E-state index contributed by atoms with van der Waals surface area (Å²) in [5.41, 5.74) is 1.55. The molecule has 1 atom stereocenters. The lowest BCUT2D eigenvalue weighted by atomic mass is 10.0. The first-order valence-corrected chi connectivity index (χ1v) is 9.34. The summed E-state index contributed by atoms with van der Waals surface area (Å²) in [6.07, 6.45) is 0. The number of morpholine rings is 1. The fourth-order valence-corrected chi connectivity index (χ4v) is 3.62. The van der Waals surface area contributed by atoms with Gasteiger partial charge in [-0.3, -0.25) is 9.69 Å². The molecular formula is C20H22Cl2N2O4. The Morgan fingerprint density at radius 3 is 2.64 bits per heavy atom. The van der Waals surface area contributed by atoms with E-state index in [1.165, 1.54) is 0 Å². The Morgan fingerprint density at radius 2 is 1.86 bits per heavy atom. The maximum atomic E-state index is 12.6. The zero-order chi connectivity index (χ0) is 18.6. The molecular weight excluding hydrogens is 403 g/mol. The summed E-state index contributed by atoms with van der Waals surface area (Å²) >= 11 is 6.15. The zero-order valence-electron chi connectivity index (χ0n) is 15.2. The van der Waals surface area contributed by atoms with Crippen molar-refractivity contribution < 1.29 is 19.0 Å². The number of nitrogens with zero attached hydrogens (tertiary/aromatic N) is 1. The molecule has 6 nitrogen and oxygen atoms in total. The zero-order valence-corrected chi connectivity index (χ0v) is 16.8. The maximum Gasteiger partial charge on any atom is 0.252 e. The van der Waals surface area contributed by atoms with Crippen LogP contribution in [-0.2, 0) is 4.74 Å². The van der Waals surface area contributed by atoms with Gasteiger partial charge in [0, 0.05) is 19.6 Å². The lowest BCUT2D eigenvalue weighted by molar-refractivity contribution is 0.0162. The van der Waals surface area contributed by atoms with Crippen molar-refractivity contribution in [3.8, 4) is 11.5 Å². The summed E-state index contributed by atoms with van der Waals surface area (Å²) in [5.74, 6) is 1.31. The van der Waals surface area contributed by atoms with E-state index >= 15 is 0 Å². The Kier molecular flexibility index (Phi) is 7.02. The minimum Gasteiger partial charge on any atom is -0.454 e. The van der Waals surface area contributed by atoms with Crippen molar-refractivity contribution in [3.63, 3.8) is 0 Å². The smallest absolute Gasteiger partial charge is 0.252 e. The van der Waals surface area contributed by atoms with E-state index in [-0.39, 0.29) is 31.1 Å². The first kappa shape index (κ1) is 20.7. The predicted molar refractivity (Wildman–Crippen MR) is 109 cm³/mol. The van der Waals surface area contributed by atoms with Crippen molar-refractivity contribution in [1.29, 1.82) is 0 Å². The van der Waals surface area contributed by atoms with Crippen LogP contribution in [0.5, 0.6) is 11.5 Å². The number of carbonyl (C=O) groups is 1.